The van der Waals surface area contributed by atoms with Crippen LogP contribution in [0.1, 0.15) is 38.2 Å². The standard InChI is InChI=1S/C14H17ClN2/c1-2-5-14(6-7-14)10-17-13-8-12(15)4-3-11(13)9-16/h3-4,8,17H,2,5-7,10H2,1H3. The number of nitriles is 1. The number of nitrogens with zero attached hydrogens (tertiary/aromatic N) is 1. The fourth-order valence-electron chi connectivity index (χ4n) is 2.27. The van der Waals surface area contributed by atoms with Crippen molar-refractivity contribution >= 4 is 17.3 Å². The van der Waals surface area contributed by atoms with Crippen molar-refractivity contribution in [3.8, 4) is 6.07 Å². The van der Waals surface area contributed by atoms with Gasteiger partial charge in [-0.2, -0.15) is 5.26 Å². The van der Waals surface area contributed by atoms with E-state index in [1.807, 2.05) is 6.07 Å². The Labute approximate surface area is 108 Å². The number of hydrogen-bond acceptors (Lipinski definition) is 2. The van der Waals surface area contributed by atoms with Crippen LogP contribution < -0.4 is 5.32 Å². The minimum atomic E-state index is 0.476. The molecule has 1 saturated carbocycles. The van der Waals surface area contributed by atoms with Gasteiger partial charge in [-0.15, -0.1) is 0 Å². The topological polar surface area (TPSA) is 35.8 Å². The Morgan fingerprint density at radius 1 is 1.47 bits per heavy atom. The fourth-order valence-corrected chi connectivity index (χ4v) is 2.44. The molecule has 1 N–H and O–H groups in total. The lowest BCUT2D eigenvalue weighted by atomic mass is 10.0. The van der Waals surface area contributed by atoms with E-state index >= 15 is 0 Å². The molecule has 90 valence electrons. The Kier molecular flexibility index (Phi) is 3.59. The van der Waals surface area contributed by atoms with Gasteiger partial charge >= 0.3 is 0 Å². The molecule has 0 radical (unpaired) electrons. The van der Waals surface area contributed by atoms with Crippen LogP contribution in [0.25, 0.3) is 0 Å². The normalized spacial score (nSPS) is 16.3. The minimum absolute atomic E-state index is 0.476. The lowest BCUT2D eigenvalue weighted by Gasteiger charge is -2.16. The van der Waals surface area contributed by atoms with Crippen molar-refractivity contribution in [2.45, 2.75) is 32.6 Å². The van der Waals surface area contributed by atoms with Crippen LogP contribution in [0.3, 0.4) is 0 Å². The number of halogens is 1. The molecule has 0 heterocycles. The van der Waals surface area contributed by atoms with Gasteiger partial charge in [0.2, 0.25) is 0 Å². The van der Waals surface area contributed by atoms with E-state index in [0.717, 1.165) is 12.2 Å². The maximum absolute atomic E-state index is 9.02. The van der Waals surface area contributed by atoms with Crippen molar-refractivity contribution in [1.29, 1.82) is 5.26 Å². The molecule has 0 amide bonds. The number of anilines is 1. The van der Waals surface area contributed by atoms with Crippen LogP contribution in [0.2, 0.25) is 5.02 Å². The highest BCUT2D eigenvalue weighted by Gasteiger charge is 2.41. The van der Waals surface area contributed by atoms with Crippen molar-refractivity contribution in [2.75, 3.05) is 11.9 Å². The zero-order chi connectivity index (χ0) is 12.3. The predicted molar refractivity (Wildman–Crippen MR) is 71.2 cm³/mol. The van der Waals surface area contributed by atoms with Crippen LogP contribution in [-0.2, 0) is 0 Å². The molecule has 1 aromatic rings. The van der Waals surface area contributed by atoms with Gasteiger partial charge in [-0.25, -0.2) is 0 Å². The van der Waals surface area contributed by atoms with Gasteiger partial charge in [-0.3, -0.25) is 0 Å². The maximum atomic E-state index is 9.02. The third-order valence-electron chi connectivity index (χ3n) is 3.49. The quantitative estimate of drug-likeness (QED) is 0.848. The Morgan fingerprint density at radius 3 is 2.82 bits per heavy atom. The highest BCUT2D eigenvalue weighted by atomic mass is 35.5. The molecule has 1 fully saturated rings. The van der Waals surface area contributed by atoms with Crippen LogP contribution >= 0.6 is 11.6 Å². The minimum Gasteiger partial charge on any atom is -0.383 e. The van der Waals surface area contributed by atoms with E-state index in [1.165, 1.54) is 25.7 Å². The first-order chi connectivity index (χ1) is 8.19. The zero-order valence-corrected chi connectivity index (χ0v) is 10.8. The SMILES string of the molecule is CCCC1(CNc2cc(Cl)ccc2C#N)CC1. The van der Waals surface area contributed by atoms with Crippen LogP contribution in [0.5, 0.6) is 0 Å². The lowest BCUT2D eigenvalue weighted by Crippen LogP contribution is -2.15. The van der Waals surface area contributed by atoms with Gasteiger partial charge in [0, 0.05) is 11.6 Å². The Hall–Kier alpha value is -1.20. The van der Waals surface area contributed by atoms with Crippen molar-refractivity contribution < 1.29 is 0 Å². The summed E-state index contributed by atoms with van der Waals surface area (Å²) in [5, 5.41) is 13.1. The predicted octanol–water partition coefficient (Wildman–Crippen LogP) is 4.20. The van der Waals surface area contributed by atoms with E-state index in [2.05, 4.69) is 18.3 Å². The van der Waals surface area contributed by atoms with E-state index in [-0.39, 0.29) is 0 Å². The molecule has 0 saturated heterocycles. The summed E-state index contributed by atoms with van der Waals surface area (Å²) in [4.78, 5) is 0. The van der Waals surface area contributed by atoms with Gasteiger partial charge in [-0.1, -0.05) is 24.9 Å². The summed E-state index contributed by atoms with van der Waals surface area (Å²) in [7, 11) is 0. The number of benzene rings is 1. The van der Waals surface area contributed by atoms with Crippen LogP contribution in [0, 0.1) is 16.7 Å². The van der Waals surface area contributed by atoms with Crippen molar-refractivity contribution in [3.05, 3.63) is 28.8 Å². The third-order valence-corrected chi connectivity index (χ3v) is 3.73. The van der Waals surface area contributed by atoms with Gasteiger partial charge < -0.3 is 5.32 Å². The molecular formula is C14H17ClN2. The second-order valence-corrected chi connectivity index (χ2v) is 5.34. The van der Waals surface area contributed by atoms with Crippen LogP contribution in [0.15, 0.2) is 18.2 Å². The average molecular weight is 249 g/mol. The summed E-state index contributed by atoms with van der Waals surface area (Å²) in [5.74, 6) is 0. The first-order valence-corrected chi connectivity index (χ1v) is 6.50. The first-order valence-electron chi connectivity index (χ1n) is 6.13. The molecule has 3 heteroatoms. The molecule has 0 unspecified atom stereocenters. The van der Waals surface area contributed by atoms with Gasteiger partial charge in [-0.05, 0) is 42.9 Å². The molecule has 0 aromatic heterocycles. The highest BCUT2D eigenvalue weighted by molar-refractivity contribution is 6.30. The largest absolute Gasteiger partial charge is 0.383 e. The van der Waals surface area contributed by atoms with Crippen molar-refractivity contribution in [1.82, 2.24) is 0 Å². The smallest absolute Gasteiger partial charge is 0.101 e. The van der Waals surface area contributed by atoms with Gasteiger partial charge in [0.15, 0.2) is 0 Å². The summed E-state index contributed by atoms with van der Waals surface area (Å²) in [6.07, 6.45) is 5.09. The monoisotopic (exact) mass is 248 g/mol. The van der Waals surface area contributed by atoms with E-state index in [1.54, 1.807) is 12.1 Å². The first kappa shape index (κ1) is 12.3. The molecule has 1 aliphatic rings. The Morgan fingerprint density at radius 2 is 2.24 bits per heavy atom. The average Bonchev–Trinajstić information content (AvgIpc) is 3.08. The third kappa shape index (κ3) is 2.92. The number of hydrogen-bond donors (Lipinski definition) is 1. The number of rotatable bonds is 5. The van der Waals surface area contributed by atoms with Crippen molar-refractivity contribution in [3.63, 3.8) is 0 Å². The van der Waals surface area contributed by atoms with Crippen molar-refractivity contribution in [2.24, 2.45) is 5.41 Å². The Balaban J connectivity index is 2.04. The van der Waals surface area contributed by atoms with E-state index in [0.29, 0.717) is 16.0 Å². The van der Waals surface area contributed by atoms with E-state index in [4.69, 9.17) is 16.9 Å². The summed E-state index contributed by atoms with van der Waals surface area (Å²) in [6.45, 7) is 3.18. The zero-order valence-electron chi connectivity index (χ0n) is 10.1. The Bertz CT molecular complexity index is 444. The summed E-state index contributed by atoms with van der Waals surface area (Å²) < 4.78 is 0. The summed E-state index contributed by atoms with van der Waals surface area (Å²) >= 11 is 5.95. The second-order valence-electron chi connectivity index (χ2n) is 4.91. The second kappa shape index (κ2) is 4.98. The van der Waals surface area contributed by atoms with Gasteiger partial charge in [0.25, 0.3) is 0 Å². The van der Waals surface area contributed by atoms with Crippen LogP contribution in [0.4, 0.5) is 5.69 Å². The van der Waals surface area contributed by atoms with Crippen LogP contribution in [-0.4, -0.2) is 6.54 Å². The lowest BCUT2D eigenvalue weighted by molar-refractivity contribution is 0.485. The molecule has 2 rings (SSSR count). The maximum Gasteiger partial charge on any atom is 0.101 e. The van der Waals surface area contributed by atoms with Gasteiger partial charge in [0.05, 0.1) is 11.3 Å². The molecule has 2 nitrogen and oxygen atoms in total. The van der Waals surface area contributed by atoms with E-state index in [9.17, 15) is 0 Å². The fraction of sp³-hybridized carbons (Fsp3) is 0.500. The summed E-state index contributed by atoms with van der Waals surface area (Å²) in [5.41, 5.74) is 2.01. The molecule has 1 aromatic carbocycles. The molecule has 0 aliphatic heterocycles. The molecule has 1 aliphatic carbocycles. The molecular weight excluding hydrogens is 232 g/mol. The molecule has 17 heavy (non-hydrogen) atoms. The van der Waals surface area contributed by atoms with E-state index < -0.39 is 0 Å². The summed E-state index contributed by atoms with van der Waals surface area (Å²) in [6, 6.07) is 7.55. The molecule has 0 spiro atoms. The highest BCUT2D eigenvalue weighted by Crippen LogP contribution is 2.49. The van der Waals surface area contributed by atoms with Gasteiger partial charge in [0.1, 0.15) is 6.07 Å². The number of nitrogens with one attached hydrogen (secondary N) is 1. The molecule has 0 bridgehead atoms. The molecule has 0 atom stereocenters.